The smallest absolute Gasteiger partial charge is 0.289 e. The van der Waals surface area contributed by atoms with E-state index in [1.165, 1.54) is 6.26 Å². The molecule has 0 saturated carbocycles. The summed E-state index contributed by atoms with van der Waals surface area (Å²) in [5, 5.41) is 7.89. The van der Waals surface area contributed by atoms with E-state index in [4.69, 9.17) is 8.83 Å². The molecule has 0 aliphatic carbocycles. The molecular formula is C13H15N3O3. The van der Waals surface area contributed by atoms with Gasteiger partial charge in [-0.2, -0.15) is 0 Å². The summed E-state index contributed by atoms with van der Waals surface area (Å²) in [6.07, 6.45) is 3.20. The fourth-order valence-electron chi connectivity index (χ4n) is 2.36. The maximum atomic E-state index is 12.1. The van der Waals surface area contributed by atoms with Crippen LogP contribution in [0.25, 0.3) is 0 Å². The van der Waals surface area contributed by atoms with Crippen LogP contribution in [0.15, 0.2) is 27.2 Å². The summed E-state index contributed by atoms with van der Waals surface area (Å²) in [6.45, 7) is 3.16. The molecule has 0 spiro atoms. The molecule has 6 heteroatoms. The topological polar surface area (TPSA) is 72.4 Å². The van der Waals surface area contributed by atoms with Gasteiger partial charge < -0.3 is 13.7 Å². The highest BCUT2D eigenvalue weighted by Gasteiger charge is 2.28. The molecule has 2 aromatic heterocycles. The van der Waals surface area contributed by atoms with Gasteiger partial charge in [0.15, 0.2) is 5.76 Å². The average Bonchev–Trinajstić information content (AvgIpc) is 3.09. The zero-order chi connectivity index (χ0) is 13.2. The van der Waals surface area contributed by atoms with Crippen molar-refractivity contribution in [2.24, 2.45) is 0 Å². The largest absolute Gasteiger partial charge is 0.459 e. The SMILES string of the molecule is Cc1nnc(C2CCN(C(=O)c3ccco3)CC2)o1. The molecule has 0 aromatic carbocycles. The molecule has 6 nitrogen and oxygen atoms in total. The minimum Gasteiger partial charge on any atom is -0.459 e. The molecule has 2 aromatic rings. The monoisotopic (exact) mass is 261 g/mol. The average molecular weight is 261 g/mol. The van der Waals surface area contributed by atoms with E-state index < -0.39 is 0 Å². The molecular weight excluding hydrogens is 246 g/mol. The number of aromatic nitrogens is 2. The van der Waals surface area contributed by atoms with Gasteiger partial charge in [0.25, 0.3) is 5.91 Å². The number of furan rings is 1. The minimum absolute atomic E-state index is 0.0508. The van der Waals surface area contributed by atoms with Gasteiger partial charge in [-0.1, -0.05) is 0 Å². The van der Waals surface area contributed by atoms with Crippen molar-refractivity contribution in [1.29, 1.82) is 0 Å². The number of aryl methyl sites for hydroxylation is 1. The summed E-state index contributed by atoms with van der Waals surface area (Å²) in [5.74, 6) is 1.87. The second-order valence-electron chi connectivity index (χ2n) is 4.70. The molecule has 0 N–H and O–H groups in total. The Bertz CT molecular complexity index is 553. The van der Waals surface area contributed by atoms with Crippen molar-refractivity contribution in [3.8, 4) is 0 Å². The van der Waals surface area contributed by atoms with Gasteiger partial charge in [0.05, 0.1) is 6.26 Å². The number of likely N-dealkylation sites (tertiary alicyclic amines) is 1. The number of hydrogen-bond donors (Lipinski definition) is 0. The van der Waals surface area contributed by atoms with Gasteiger partial charge in [-0.3, -0.25) is 4.79 Å². The first kappa shape index (κ1) is 12.0. The highest BCUT2D eigenvalue weighted by Crippen LogP contribution is 2.27. The number of rotatable bonds is 2. The van der Waals surface area contributed by atoms with Crippen LogP contribution in [0.5, 0.6) is 0 Å². The van der Waals surface area contributed by atoms with Gasteiger partial charge in [0.2, 0.25) is 11.8 Å². The van der Waals surface area contributed by atoms with Crippen LogP contribution in [0.1, 0.15) is 41.1 Å². The molecule has 0 unspecified atom stereocenters. The molecule has 0 bridgehead atoms. The number of hydrogen-bond acceptors (Lipinski definition) is 5. The first-order valence-electron chi connectivity index (χ1n) is 6.37. The quantitative estimate of drug-likeness (QED) is 0.826. The Morgan fingerprint density at radius 2 is 2.16 bits per heavy atom. The van der Waals surface area contributed by atoms with E-state index in [1.807, 2.05) is 0 Å². The van der Waals surface area contributed by atoms with Gasteiger partial charge in [-0.25, -0.2) is 0 Å². The van der Waals surface area contributed by atoms with Crippen molar-refractivity contribution in [2.45, 2.75) is 25.7 Å². The lowest BCUT2D eigenvalue weighted by Crippen LogP contribution is -2.37. The van der Waals surface area contributed by atoms with E-state index in [9.17, 15) is 4.79 Å². The van der Waals surface area contributed by atoms with Crippen LogP contribution in [-0.2, 0) is 0 Å². The summed E-state index contributed by atoms with van der Waals surface area (Å²) in [4.78, 5) is 13.9. The third-order valence-electron chi connectivity index (χ3n) is 3.41. The third kappa shape index (κ3) is 2.38. The maximum absolute atomic E-state index is 12.1. The van der Waals surface area contributed by atoms with Crippen molar-refractivity contribution >= 4 is 5.91 Å². The van der Waals surface area contributed by atoms with E-state index in [-0.39, 0.29) is 11.8 Å². The fraction of sp³-hybridized carbons (Fsp3) is 0.462. The van der Waals surface area contributed by atoms with Gasteiger partial charge in [-0.05, 0) is 25.0 Å². The summed E-state index contributed by atoms with van der Waals surface area (Å²) in [7, 11) is 0. The standard InChI is InChI=1S/C13H15N3O3/c1-9-14-15-12(19-9)10-4-6-16(7-5-10)13(17)11-3-2-8-18-11/h2-3,8,10H,4-7H2,1H3. The second-order valence-corrected chi connectivity index (χ2v) is 4.70. The van der Waals surface area contributed by atoms with Crippen LogP contribution >= 0.6 is 0 Å². The lowest BCUT2D eigenvalue weighted by atomic mass is 9.96. The van der Waals surface area contributed by atoms with Gasteiger partial charge >= 0.3 is 0 Å². The summed E-state index contributed by atoms with van der Waals surface area (Å²) >= 11 is 0. The maximum Gasteiger partial charge on any atom is 0.289 e. The lowest BCUT2D eigenvalue weighted by Gasteiger charge is -2.29. The number of piperidine rings is 1. The van der Waals surface area contributed by atoms with Crippen LogP contribution in [0.2, 0.25) is 0 Å². The molecule has 1 aliphatic rings. The first-order valence-corrected chi connectivity index (χ1v) is 6.37. The molecule has 3 rings (SSSR count). The van der Waals surface area contributed by atoms with Crippen LogP contribution in [0.4, 0.5) is 0 Å². The number of amides is 1. The summed E-state index contributed by atoms with van der Waals surface area (Å²) in [6, 6.07) is 3.41. The molecule has 0 atom stereocenters. The predicted molar refractivity (Wildman–Crippen MR) is 65.6 cm³/mol. The fourth-order valence-corrected chi connectivity index (χ4v) is 2.36. The molecule has 1 saturated heterocycles. The number of carbonyl (C=O) groups excluding carboxylic acids is 1. The van der Waals surface area contributed by atoms with Crippen molar-refractivity contribution in [3.63, 3.8) is 0 Å². The summed E-state index contributed by atoms with van der Waals surface area (Å²) < 4.78 is 10.6. The zero-order valence-corrected chi connectivity index (χ0v) is 10.7. The molecule has 1 amide bonds. The highest BCUT2D eigenvalue weighted by molar-refractivity contribution is 5.91. The predicted octanol–water partition coefficient (Wildman–Crippen LogP) is 1.99. The van der Waals surface area contributed by atoms with Crippen molar-refractivity contribution in [3.05, 3.63) is 35.9 Å². The Morgan fingerprint density at radius 1 is 1.37 bits per heavy atom. The Morgan fingerprint density at radius 3 is 2.74 bits per heavy atom. The Hall–Kier alpha value is -2.11. The molecule has 100 valence electrons. The molecule has 19 heavy (non-hydrogen) atoms. The van der Waals surface area contributed by atoms with E-state index >= 15 is 0 Å². The Kier molecular flexibility index (Phi) is 3.06. The first-order chi connectivity index (χ1) is 9.24. The van der Waals surface area contributed by atoms with E-state index in [1.54, 1.807) is 24.0 Å². The molecule has 1 aliphatic heterocycles. The van der Waals surface area contributed by atoms with Crippen molar-refractivity contribution < 1.29 is 13.6 Å². The number of nitrogens with zero attached hydrogens (tertiary/aromatic N) is 3. The third-order valence-corrected chi connectivity index (χ3v) is 3.41. The number of carbonyl (C=O) groups is 1. The van der Waals surface area contributed by atoms with Gasteiger partial charge in [-0.15, -0.1) is 10.2 Å². The zero-order valence-electron chi connectivity index (χ0n) is 10.7. The van der Waals surface area contributed by atoms with Crippen LogP contribution in [0.3, 0.4) is 0 Å². The molecule has 1 fully saturated rings. The molecule has 3 heterocycles. The second kappa shape index (κ2) is 4.87. The minimum atomic E-state index is -0.0508. The Balaban J connectivity index is 1.62. The van der Waals surface area contributed by atoms with Gasteiger partial charge in [0.1, 0.15) is 0 Å². The van der Waals surface area contributed by atoms with E-state index in [0.717, 1.165) is 12.8 Å². The van der Waals surface area contributed by atoms with E-state index in [2.05, 4.69) is 10.2 Å². The lowest BCUT2D eigenvalue weighted by molar-refractivity contribution is 0.0674. The van der Waals surface area contributed by atoms with E-state index in [0.29, 0.717) is 30.6 Å². The van der Waals surface area contributed by atoms with Gasteiger partial charge in [0, 0.05) is 25.9 Å². The van der Waals surface area contributed by atoms with Crippen LogP contribution < -0.4 is 0 Å². The van der Waals surface area contributed by atoms with Crippen molar-refractivity contribution in [1.82, 2.24) is 15.1 Å². The normalized spacial score (nSPS) is 16.8. The van der Waals surface area contributed by atoms with Crippen LogP contribution in [-0.4, -0.2) is 34.1 Å². The highest BCUT2D eigenvalue weighted by atomic mass is 16.4. The summed E-state index contributed by atoms with van der Waals surface area (Å²) in [5.41, 5.74) is 0. The van der Waals surface area contributed by atoms with Crippen LogP contribution in [0, 0.1) is 6.92 Å². The molecule has 0 radical (unpaired) electrons. The van der Waals surface area contributed by atoms with Crippen molar-refractivity contribution in [2.75, 3.05) is 13.1 Å². The Labute approximate surface area is 110 Å².